The molecule has 1 heterocycles. The first-order valence-electron chi connectivity index (χ1n) is 4.65. The molecule has 0 saturated carbocycles. The van der Waals surface area contributed by atoms with E-state index in [1.807, 2.05) is 12.1 Å². The monoisotopic (exact) mass is 212 g/mol. The van der Waals surface area contributed by atoms with Crippen molar-refractivity contribution in [3.8, 4) is 5.75 Å². The lowest BCUT2D eigenvalue weighted by atomic mass is 10.1. The maximum absolute atomic E-state index is 5.78. The Balaban J connectivity index is 0.000000980. The van der Waals surface area contributed by atoms with E-state index >= 15 is 0 Å². The molecule has 0 radical (unpaired) electrons. The van der Waals surface area contributed by atoms with Crippen molar-refractivity contribution in [1.82, 2.24) is 4.90 Å². The Kier molecular flexibility index (Phi) is 3.78. The van der Waals surface area contributed by atoms with Crippen molar-refractivity contribution in [3.05, 3.63) is 29.8 Å². The van der Waals surface area contributed by atoms with Gasteiger partial charge in [0.2, 0.25) is 0 Å². The first kappa shape index (κ1) is 11.3. The lowest BCUT2D eigenvalue weighted by molar-refractivity contribution is -0.00000390. The van der Waals surface area contributed by atoms with Crippen LogP contribution in [-0.4, -0.2) is 31.6 Å². The standard InChI is InChI=1S/C11H15NO.ClH/c1-12(2)8-10-7-9-5-3-4-6-11(9)13-10;/h3-6,10H,7-8H2,1-2H3;1H/p-1. The fraction of sp³-hybridized carbons (Fsp3) is 0.455. The van der Waals surface area contributed by atoms with Gasteiger partial charge in [0.25, 0.3) is 0 Å². The summed E-state index contributed by atoms with van der Waals surface area (Å²) in [6.07, 6.45) is 1.39. The third kappa shape index (κ3) is 2.40. The molecule has 1 aromatic carbocycles. The number of para-hydroxylation sites is 1. The van der Waals surface area contributed by atoms with Crippen molar-refractivity contribution in [2.45, 2.75) is 12.5 Å². The second-order valence-corrected chi connectivity index (χ2v) is 3.81. The second-order valence-electron chi connectivity index (χ2n) is 3.81. The maximum Gasteiger partial charge on any atom is 0.123 e. The maximum atomic E-state index is 5.78. The van der Waals surface area contributed by atoms with Gasteiger partial charge in [0.15, 0.2) is 0 Å². The number of hydrogen-bond donors (Lipinski definition) is 0. The molecule has 2 rings (SSSR count). The molecule has 1 atom stereocenters. The molecule has 3 heteroatoms. The molecule has 0 spiro atoms. The first-order valence-corrected chi connectivity index (χ1v) is 4.65. The highest BCUT2D eigenvalue weighted by molar-refractivity contribution is 5.37. The van der Waals surface area contributed by atoms with Gasteiger partial charge in [0, 0.05) is 13.0 Å². The average molecular weight is 213 g/mol. The molecule has 0 fully saturated rings. The number of nitrogens with zero attached hydrogens (tertiary/aromatic N) is 1. The van der Waals surface area contributed by atoms with Crippen LogP contribution in [0.25, 0.3) is 0 Å². The zero-order valence-electron chi connectivity index (χ0n) is 8.53. The number of rotatable bonds is 2. The van der Waals surface area contributed by atoms with Crippen LogP contribution in [0, 0.1) is 0 Å². The van der Waals surface area contributed by atoms with Crippen molar-refractivity contribution in [2.24, 2.45) is 0 Å². The summed E-state index contributed by atoms with van der Waals surface area (Å²) in [6.45, 7) is 0.995. The summed E-state index contributed by atoms with van der Waals surface area (Å²) < 4.78 is 5.78. The molecule has 0 saturated heterocycles. The van der Waals surface area contributed by atoms with Crippen LogP contribution >= 0.6 is 0 Å². The number of hydrogen-bond acceptors (Lipinski definition) is 2. The van der Waals surface area contributed by atoms with Crippen molar-refractivity contribution in [1.29, 1.82) is 0 Å². The first-order chi connectivity index (χ1) is 6.25. The van der Waals surface area contributed by atoms with Gasteiger partial charge >= 0.3 is 0 Å². The quantitative estimate of drug-likeness (QED) is 0.595. The Morgan fingerprint density at radius 2 is 2.07 bits per heavy atom. The van der Waals surface area contributed by atoms with Crippen LogP contribution in [0.4, 0.5) is 0 Å². The third-order valence-corrected chi connectivity index (χ3v) is 2.28. The summed E-state index contributed by atoms with van der Waals surface area (Å²) in [4.78, 5) is 2.16. The van der Waals surface area contributed by atoms with Crippen LogP contribution in [0.2, 0.25) is 0 Å². The Bertz CT molecular complexity index is 276. The van der Waals surface area contributed by atoms with Gasteiger partial charge in [0.1, 0.15) is 11.9 Å². The number of ether oxygens (including phenoxy) is 1. The molecule has 2 nitrogen and oxygen atoms in total. The zero-order chi connectivity index (χ0) is 9.26. The number of benzene rings is 1. The molecule has 78 valence electrons. The Morgan fingerprint density at radius 3 is 2.71 bits per heavy atom. The fourth-order valence-electron chi connectivity index (χ4n) is 1.76. The molecule has 0 amide bonds. The molecular formula is C11H15ClNO-. The molecule has 1 aliphatic heterocycles. The van der Waals surface area contributed by atoms with E-state index in [9.17, 15) is 0 Å². The van der Waals surface area contributed by atoms with Crippen LogP contribution in [0.1, 0.15) is 5.56 Å². The van der Waals surface area contributed by atoms with E-state index < -0.39 is 0 Å². The van der Waals surface area contributed by atoms with E-state index in [0.717, 1.165) is 18.7 Å². The number of fused-ring (bicyclic) bond motifs is 1. The Hall–Kier alpha value is -0.730. The Morgan fingerprint density at radius 1 is 1.36 bits per heavy atom. The molecule has 1 aliphatic rings. The van der Waals surface area contributed by atoms with Crippen molar-refractivity contribution in [3.63, 3.8) is 0 Å². The summed E-state index contributed by atoms with van der Waals surface area (Å²) in [7, 11) is 4.15. The third-order valence-electron chi connectivity index (χ3n) is 2.28. The minimum Gasteiger partial charge on any atom is -1.00 e. The minimum atomic E-state index is 0. The van der Waals surface area contributed by atoms with E-state index in [1.54, 1.807) is 0 Å². The van der Waals surface area contributed by atoms with Crippen LogP contribution < -0.4 is 17.1 Å². The van der Waals surface area contributed by atoms with Crippen LogP contribution in [-0.2, 0) is 6.42 Å². The summed E-state index contributed by atoms with van der Waals surface area (Å²) in [5.41, 5.74) is 1.34. The Labute approximate surface area is 91.3 Å². The molecule has 0 aliphatic carbocycles. The van der Waals surface area contributed by atoms with Crippen LogP contribution in [0.15, 0.2) is 24.3 Å². The van der Waals surface area contributed by atoms with Gasteiger partial charge in [-0.3, -0.25) is 0 Å². The molecule has 14 heavy (non-hydrogen) atoms. The largest absolute Gasteiger partial charge is 1.00 e. The van der Waals surface area contributed by atoms with Crippen molar-refractivity contribution < 1.29 is 17.1 Å². The SMILES string of the molecule is CN(C)CC1Cc2ccccc2O1.[Cl-]. The highest BCUT2D eigenvalue weighted by Gasteiger charge is 2.22. The van der Waals surface area contributed by atoms with E-state index in [4.69, 9.17) is 4.74 Å². The summed E-state index contributed by atoms with van der Waals surface area (Å²) in [5.74, 6) is 1.06. The van der Waals surface area contributed by atoms with E-state index in [2.05, 4.69) is 31.1 Å². The van der Waals surface area contributed by atoms with E-state index in [1.165, 1.54) is 5.56 Å². The lowest BCUT2D eigenvalue weighted by Gasteiger charge is -2.15. The molecular weight excluding hydrogens is 198 g/mol. The van der Waals surface area contributed by atoms with Gasteiger partial charge in [-0.2, -0.15) is 0 Å². The summed E-state index contributed by atoms with van der Waals surface area (Å²) in [5, 5.41) is 0. The van der Waals surface area contributed by atoms with Crippen molar-refractivity contribution in [2.75, 3.05) is 20.6 Å². The summed E-state index contributed by atoms with van der Waals surface area (Å²) in [6, 6.07) is 8.28. The van der Waals surface area contributed by atoms with Crippen molar-refractivity contribution >= 4 is 0 Å². The highest BCUT2D eigenvalue weighted by Crippen LogP contribution is 2.27. The molecule has 0 bridgehead atoms. The highest BCUT2D eigenvalue weighted by atomic mass is 35.5. The number of likely N-dealkylation sites (N-methyl/N-ethyl adjacent to an activating group) is 1. The fourth-order valence-corrected chi connectivity index (χ4v) is 1.76. The normalized spacial score (nSPS) is 18.6. The van der Waals surface area contributed by atoms with Gasteiger partial charge in [-0.25, -0.2) is 0 Å². The average Bonchev–Trinajstić information content (AvgIpc) is 2.44. The molecule has 1 unspecified atom stereocenters. The van der Waals surface area contributed by atoms with Gasteiger partial charge in [-0.15, -0.1) is 0 Å². The number of halogens is 1. The van der Waals surface area contributed by atoms with Gasteiger partial charge in [0.05, 0.1) is 0 Å². The second kappa shape index (κ2) is 4.67. The molecule has 0 aromatic heterocycles. The minimum absolute atomic E-state index is 0. The van der Waals surface area contributed by atoms with E-state index in [-0.39, 0.29) is 12.4 Å². The smallest absolute Gasteiger partial charge is 0.123 e. The van der Waals surface area contributed by atoms with Gasteiger partial charge in [-0.05, 0) is 25.7 Å². The van der Waals surface area contributed by atoms with Gasteiger partial charge < -0.3 is 22.0 Å². The topological polar surface area (TPSA) is 12.5 Å². The van der Waals surface area contributed by atoms with E-state index in [0.29, 0.717) is 6.10 Å². The predicted molar refractivity (Wildman–Crippen MR) is 53.1 cm³/mol. The predicted octanol–water partition coefficient (Wildman–Crippen LogP) is -1.44. The molecule has 1 aromatic rings. The zero-order valence-corrected chi connectivity index (χ0v) is 9.29. The summed E-state index contributed by atoms with van der Waals surface area (Å²) >= 11 is 0. The lowest BCUT2D eigenvalue weighted by Crippen LogP contribution is -3.00. The van der Waals surface area contributed by atoms with Crippen LogP contribution in [0.3, 0.4) is 0 Å². The van der Waals surface area contributed by atoms with Gasteiger partial charge in [-0.1, -0.05) is 18.2 Å². The van der Waals surface area contributed by atoms with Crippen LogP contribution in [0.5, 0.6) is 5.75 Å². The molecule has 0 N–H and O–H groups in total.